The second kappa shape index (κ2) is 7.86. The van der Waals surface area contributed by atoms with Crippen LogP contribution in [0, 0.1) is 5.41 Å². The molecule has 0 atom stereocenters. The molecule has 0 bridgehead atoms. The lowest BCUT2D eigenvalue weighted by Gasteiger charge is -2.31. The Morgan fingerprint density at radius 2 is 1.16 bits per heavy atom. The third-order valence-electron chi connectivity index (χ3n) is 3.23. The number of hydrogen-bond acceptors (Lipinski definition) is 4. The summed E-state index contributed by atoms with van der Waals surface area (Å²) in [6.45, 7) is 4.49. The van der Waals surface area contributed by atoms with Gasteiger partial charge >= 0.3 is 12.2 Å². The predicted octanol–water partition coefficient (Wildman–Crippen LogP) is 2.19. The summed E-state index contributed by atoms with van der Waals surface area (Å²) in [5.74, 6) is 0. The fourth-order valence-corrected chi connectivity index (χ4v) is 1.39. The first-order valence-corrected chi connectivity index (χ1v) is 6.46. The molecule has 0 radical (unpaired) electrons. The van der Waals surface area contributed by atoms with E-state index in [1.807, 2.05) is 13.8 Å². The van der Waals surface area contributed by atoms with Crippen LogP contribution in [0.4, 0.5) is 9.59 Å². The number of carbonyl (C=O) groups is 2. The molecular weight excluding hydrogens is 248 g/mol. The average molecular weight is 274 g/mol. The largest absolute Gasteiger partial charge is 0.449 e. The highest BCUT2D eigenvalue weighted by Crippen LogP contribution is 2.27. The van der Waals surface area contributed by atoms with Crippen LogP contribution in [0.1, 0.15) is 26.7 Å². The molecule has 2 amide bonds. The SMILES string of the molecule is CCC(CC)(COC(=O)N(C)C)COC(=O)N(C)C. The molecule has 0 aliphatic rings. The molecule has 0 heterocycles. The lowest BCUT2D eigenvalue weighted by molar-refractivity contribution is 0.00768. The van der Waals surface area contributed by atoms with E-state index in [1.54, 1.807) is 28.2 Å². The first kappa shape index (κ1) is 17.5. The summed E-state index contributed by atoms with van der Waals surface area (Å²) >= 11 is 0. The number of ether oxygens (including phenoxy) is 2. The van der Waals surface area contributed by atoms with Crippen molar-refractivity contribution in [2.75, 3.05) is 41.4 Å². The third-order valence-corrected chi connectivity index (χ3v) is 3.23. The van der Waals surface area contributed by atoms with Gasteiger partial charge in [-0.15, -0.1) is 0 Å². The van der Waals surface area contributed by atoms with Gasteiger partial charge in [-0.1, -0.05) is 13.8 Å². The Bertz CT molecular complexity index is 273. The van der Waals surface area contributed by atoms with Gasteiger partial charge < -0.3 is 19.3 Å². The summed E-state index contributed by atoms with van der Waals surface area (Å²) in [6, 6.07) is 0. The van der Waals surface area contributed by atoms with Gasteiger partial charge in [-0.25, -0.2) is 9.59 Å². The van der Waals surface area contributed by atoms with Crippen molar-refractivity contribution in [2.45, 2.75) is 26.7 Å². The molecule has 0 aromatic rings. The smallest absolute Gasteiger partial charge is 0.409 e. The predicted molar refractivity (Wildman–Crippen MR) is 73.1 cm³/mol. The van der Waals surface area contributed by atoms with Crippen molar-refractivity contribution in [3.05, 3.63) is 0 Å². The van der Waals surface area contributed by atoms with Gasteiger partial charge in [0.1, 0.15) is 13.2 Å². The first-order valence-electron chi connectivity index (χ1n) is 6.46. The monoisotopic (exact) mass is 274 g/mol. The van der Waals surface area contributed by atoms with Gasteiger partial charge in [-0.3, -0.25) is 0 Å². The standard InChI is InChI=1S/C13H26N2O4/c1-7-13(8-2,9-18-11(16)14(3)4)10-19-12(17)15(5)6/h7-10H2,1-6H3. The number of hydrogen-bond donors (Lipinski definition) is 0. The Balaban J connectivity index is 4.49. The zero-order valence-corrected chi connectivity index (χ0v) is 12.9. The van der Waals surface area contributed by atoms with Crippen molar-refractivity contribution in [2.24, 2.45) is 5.41 Å². The molecule has 0 saturated carbocycles. The Morgan fingerprint density at radius 1 is 0.842 bits per heavy atom. The molecule has 0 rings (SSSR count). The maximum atomic E-state index is 11.5. The Morgan fingerprint density at radius 3 is 1.37 bits per heavy atom. The Kier molecular flexibility index (Phi) is 7.26. The summed E-state index contributed by atoms with van der Waals surface area (Å²) < 4.78 is 10.5. The lowest BCUT2D eigenvalue weighted by Crippen LogP contribution is -2.37. The van der Waals surface area contributed by atoms with Gasteiger partial charge in [-0.2, -0.15) is 0 Å². The number of rotatable bonds is 6. The topological polar surface area (TPSA) is 59.1 Å². The fourth-order valence-electron chi connectivity index (χ4n) is 1.39. The first-order chi connectivity index (χ1) is 8.78. The van der Waals surface area contributed by atoms with E-state index in [4.69, 9.17) is 9.47 Å². The molecule has 112 valence electrons. The van der Waals surface area contributed by atoms with Crippen LogP contribution >= 0.6 is 0 Å². The molecule has 0 aromatic heterocycles. The summed E-state index contributed by atoms with van der Waals surface area (Å²) in [7, 11) is 6.53. The molecular formula is C13H26N2O4. The van der Waals surface area contributed by atoms with E-state index in [0.717, 1.165) is 12.8 Å². The average Bonchev–Trinajstić information content (AvgIpc) is 2.38. The zero-order chi connectivity index (χ0) is 15.1. The molecule has 6 nitrogen and oxygen atoms in total. The van der Waals surface area contributed by atoms with Gasteiger partial charge in [-0.05, 0) is 12.8 Å². The van der Waals surface area contributed by atoms with Gasteiger partial charge in [0.2, 0.25) is 0 Å². The highest BCUT2D eigenvalue weighted by Gasteiger charge is 2.30. The van der Waals surface area contributed by atoms with Crippen LogP contribution in [0.5, 0.6) is 0 Å². The van der Waals surface area contributed by atoms with Crippen LogP contribution in [-0.4, -0.2) is 63.4 Å². The molecule has 0 aromatic carbocycles. The summed E-state index contributed by atoms with van der Waals surface area (Å²) in [5.41, 5.74) is -0.322. The van der Waals surface area contributed by atoms with Gasteiger partial charge in [0.15, 0.2) is 0 Å². The van der Waals surface area contributed by atoms with Gasteiger partial charge in [0.05, 0.1) is 0 Å². The van der Waals surface area contributed by atoms with E-state index in [2.05, 4.69) is 0 Å². The van der Waals surface area contributed by atoms with Crippen molar-refractivity contribution < 1.29 is 19.1 Å². The molecule has 0 fully saturated rings. The van der Waals surface area contributed by atoms with Crippen LogP contribution in [0.25, 0.3) is 0 Å². The maximum absolute atomic E-state index is 11.5. The molecule has 6 heteroatoms. The fraction of sp³-hybridized carbons (Fsp3) is 0.846. The Hall–Kier alpha value is -1.46. The molecule has 0 saturated heterocycles. The van der Waals surface area contributed by atoms with Crippen molar-refractivity contribution >= 4 is 12.2 Å². The number of amides is 2. The van der Waals surface area contributed by atoms with E-state index in [0.29, 0.717) is 0 Å². The molecule has 19 heavy (non-hydrogen) atoms. The maximum Gasteiger partial charge on any atom is 0.409 e. The normalized spacial score (nSPS) is 10.8. The summed E-state index contributed by atoms with van der Waals surface area (Å²) in [5, 5.41) is 0. The minimum Gasteiger partial charge on any atom is -0.449 e. The van der Waals surface area contributed by atoms with Crippen LogP contribution in [-0.2, 0) is 9.47 Å². The number of carbonyl (C=O) groups excluding carboxylic acids is 2. The third kappa shape index (κ3) is 5.81. The van der Waals surface area contributed by atoms with E-state index in [1.165, 1.54) is 9.80 Å². The Labute approximate surface area is 115 Å². The molecule has 0 spiro atoms. The summed E-state index contributed by atoms with van der Waals surface area (Å²) in [6.07, 6.45) is 0.769. The van der Waals surface area contributed by atoms with E-state index in [9.17, 15) is 9.59 Å². The van der Waals surface area contributed by atoms with Crippen molar-refractivity contribution in [1.82, 2.24) is 9.80 Å². The highest BCUT2D eigenvalue weighted by atomic mass is 16.6. The van der Waals surface area contributed by atoms with Crippen molar-refractivity contribution in [3.8, 4) is 0 Å². The van der Waals surface area contributed by atoms with Gasteiger partial charge in [0.25, 0.3) is 0 Å². The minimum absolute atomic E-state index is 0.248. The van der Waals surface area contributed by atoms with E-state index in [-0.39, 0.29) is 30.8 Å². The van der Waals surface area contributed by atoms with E-state index >= 15 is 0 Å². The molecule has 0 aliphatic carbocycles. The second-order valence-electron chi connectivity index (χ2n) is 5.11. The number of nitrogens with zero attached hydrogens (tertiary/aromatic N) is 2. The zero-order valence-electron chi connectivity index (χ0n) is 12.9. The van der Waals surface area contributed by atoms with Crippen molar-refractivity contribution in [1.29, 1.82) is 0 Å². The second-order valence-corrected chi connectivity index (χ2v) is 5.11. The highest BCUT2D eigenvalue weighted by molar-refractivity contribution is 5.67. The lowest BCUT2D eigenvalue weighted by atomic mass is 9.84. The molecule has 0 unspecified atom stereocenters. The quantitative estimate of drug-likeness (QED) is 0.745. The van der Waals surface area contributed by atoms with Crippen LogP contribution in [0.15, 0.2) is 0 Å². The summed E-state index contributed by atoms with van der Waals surface area (Å²) in [4.78, 5) is 25.7. The molecule has 0 aliphatic heterocycles. The van der Waals surface area contributed by atoms with Gasteiger partial charge in [0, 0.05) is 33.6 Å². The van der Waals surface area contributed by atoms with E-state index < -0.39 is 0 Å². The van der Waals surface area contributed by atoms with Crippen molar-refractivity contribution in [3.63, 3.8) is 0 Å². The molecule has 0 N–H and O–H groups in total. The van der Waals surface area contributed by atoms with Crippen LogP contribution in [0.2, 0.25) is 0 Å². The minimum atomic E-state index is -0.384. The van der Waals surface area contributed by atoms with Crippen LogP contribution in [0.3, 0.4) is 0 Å². The van der Waals surface area contributed by atoms with Crippen LogP contribution < -0.4 is 0 Å².